The number of amides is 2. The summed E-state index contributed by atoms with van der Waals surface area (Å²) in [5.74, 6) is 0.769. The molecule has 0 spiro atoms. The number of imidazole rings is 1. The maximum absolute atomic E-state index is 12.7. The number of benzene rings is 1. The van der Waals surface area contributed by atoms with Crippen LogP contribution in [0, 0.1) is 0 Å². The number of aliphatic imine (C=N–C) groups is 1. The van der Waals surface area contributed by atoms with Gasteiger partial charge >= 0.3 is 12.2 Å². The molecule has 10 nitrogen and oxygen atoms in total. The van der Waals surface area contributed by atoms with E-state index in [0.29, 0.717) is 18.8 Å². The molecule has 1 aromatic heterocycles. The maximum atomic E-state index is 12.7. The van der Waals surface area contributed by atoms with Gasteiger partial charge in [-0.05, 0) is 90.5 Å². The van der Waals surface area contributed by atoms with Crippen molar-refractivity contribution in [3.63, 3.8) is 0 Å². The molecule has 0 saturated carbocycles. The summed E-state index contributed by atoms with van der Waals surface area (Å²) < 4.78 is 11.1. The van der Waals surface area contributed by atoms with Gasteiger partial charge in [0.1, 0.15) is 17.0 Å². The Hall–Kier alpha value is -4.34. The summed E-state index contributed by atoms with van der Waals surface area (Å²) in [6, 6.07) is 7.86. The zero-order valence-electron chi connectivity index (χ0n) is 26.7. The zero-order valence-corrected chi connectivity index (χ0v) is 26.7. The summed E-state index contributed by atoms with van der Waals surface area (Å²) in [6.45, 7) is 12.5. The number of aromatic amines is 1. The Kier molecular flexibility index (Phi) is 10.3. The normalized spacial score (nSPS) is 20.0. The summed E-state index contributed by atoms with van der Waals surface area (Å²) in [4.78, 5) is 41.1. The average molecular weight is 603 g/mol. The third-order valence-corrected chi connectivity index (χ3v) is 7.14. The number of ether oxygens (including phenoxy) is 2. The Bertz CT molecular complexity index is 1410. The zero-order chi connectivity index (χ0) is 31.9. The second-order valence-corrected chi connectivity index (χ2v) is 13.1. The molecule has 4 rings (SSSR count). The highest BCUT2D eigenvalue weighted by atomic mass is 16.6. The number of H-pyrrole nitrogens is 1. The minimum atomic E-state index is -0.539. The number of nitrogens with one attached hydrogen (secondary N) is 1. The van der Waals surface area contributed by atoms with Gasteiger partial charge in [-0.3, -0.25) is 9.89 Å². The molecule has 0 radical (unpaired) electrons. The highest BCUT2D eigenvalue weighted by Crippen LogP contribution is 2.31. The van der Waals surface area contributed by atoms with Crippen LogP contribution in [0.4, 0.5) is 9.59 Å². The van der Waals surface area contributed by atoms with Gasteiger partial charge < -0.3 is 25.1 Å². The number of likely N-dealkylation sites (tertiary alicyclic amines) is 2. The second kappa shape index (κ2) is 14.0. The predicted octanol–water partition coefficient (Wildman–Crippen LogP) is 6.94. The maximum Gasteiger partial charge on any atom is 0.410 e. The summed E-state index contributed by atoms with van der Waals surface area (Å²) in [5.41, 5.74) is 8.26. The van der Waals surface area contributed by atoms with Crippen molar-refractivity contribution in [2.75, 3.05) is 13.1 Å². The first kappa shape index (κ1) is 32.6. The standard InChI is InChI=1S/C34H46N6O4/c1-33(2,3)43-31(41)39-19-7-9-28(39)23-36-26(21-35)17-15-24-11-13-25(14-12-24)16-18-27-22-37-30(38-27)29-10-8-20-40(29)32(42)44-34(4,5)6/h11-18,21-23,28-29H,7-10,19-20,35H2,1-6H3,(H,37,38)/b17-15+,18-16+,26-21-,36-23?/t28-,29?/m0/s1. The van der Waals surface area contributed by atoms with Crippen molar-refractivity contribution < 1.29 is 19.1 Å². The summed E-state index contributed by atoms with van der Waals surface area (Å²) in [6.07, 6.45) is 15.7. The number of carbonyl (C=O) groups is 2. The number of carbonyl (C=O) groups excluding carboxylic acids is 2. The Labute approximate surface area is 260 Å². The van der Waals surface area contributed by atoms with Crippen molar-refractivity contribution in [2.24, 2.45) is 10.7 Å². The molecule has 2 saturated heterocycles. The number of hydrogen-bond acceptors (Lipinski definition) is 7. The lowest BCUT2D eigenvalue weighted by molar-refractivity contribution is 0.0216. The molecule has 2 atom stereocenters. The van der Waals surface area contributed by atoms with Crippen molar-refractivity contribution in [3.05, 3.63) is 71.1 Å². The van der Waals surface area contributed by atoms with Crippen LogP contribution in [0.1, 0.15) is 95.9 Å². The van der Waals surface area contributed by atoms with Gasteiger partial charge in [-0.2, -0.15) is 0 Å². The molecule has 1 aromatic carbocycles. The fourth-order valence-corrected chi connectivity index (χ4v) is 5.09. The average Bonchev–Trinajstić information content (AvgIpc) is 3.71. The van der Waals surface area contributed by atoms with Crippen molar-refractivity contribution in [1.82, 2.24) is 19.8 Å². The van der Waals surface area contributed by atoms with E-state index in [1.54, 1.807) is 22.2 Å². The third-order valence-electron chi connectivity index (χ3n) is 7.14. The number of aromatic nitrogens is 2. The van der Waals surface area contributed by atoms with Gasteiger partial charge in [0, 0.05) is 25.5 Å². The largest absolute Gasteiger partial charge is 0.444 e. The molecule has 2 amide bonds. The van der Waals surface area contributed by atoms with E-state index in [-0.39, 0.29) is 24.3 Å². The molecule has 236 valence electrons. The highest BCUT2D eigenvalue weighted by molar-refractivity contribution is 5.77. The lowest BCUT2D eigenvalue weighted by Crippen LogP contribution is -2.40. The molecule has 2 aliphatic rings. The predicted molar refractivity (Wildman–Crippen MR) is 175 cm³/mol. The Morgan fingerprint density at radius 1 is 0.909 bits per heavy atom. The fraction of sp³-hybridized carbons (Fsp3) is 0.471. The quantitative estimate of drug-likeness (QED) is 0.261. The molecule has 2 fully saturated rings. The topological polar surface area (TPSA) is 126 Å². The first-order chi connectivity index (χ1) is 20.8. The van der Waals surface area contributed by atoms with E-state index in [9.17, 15) is 9.59 Å². The van der Waals surface area contributed by atoms with Crippen LogP contribution in [0.2, 0.25) is 0 Å². The first-order valence-electron chi connectivity index (χ1n) is 15.3. The number of hydrogen-bond donors (Lipinski definition) is 2. The smallest absolute Gasteiger partial charge is 0.410 e. The Morgan fingerprint density at radius 2 is 1.50 bits per heavy atom. The highest BCUT2D eigenvalue weighted by Gasteiger charge is 2.35. The third kappa shape index (κ3) is 9.33. The van der Waals surface area contributed by atoms with Crippen LogP contribution >= 0.6 is 0 Å². The van der Waals surface area contributed by atoms with Gasteiger partial charge in [0.25, 0.3) is 0 Å². The summed E-state index contributed by atoms with van der Waals surface area (Å²) >= 11 is 0. The number of nitrogens with two attached hydrogens (primary N) is 1. The van der Waals surface area contributed by atoms with Crippen LogP contribution < -0.4 is 5.73 Å². The fourth-order valence-electron chi connectivity index (χ4n) is 5.09. The number of nitrogens with zero attached hydrogens (tertiary/aromatic N) is 4. The number of allylic oxidation sites excluding steroid dienone is 1. The van der Waals surface area contributed by atoms with E-state index >= 15 is 0 Å². The molecule has 1 unspecified atom stereocenters. The molecule has 10 heteroatoms. The van der Waals surface area contributed by atoms with E-state index in [1.807, 2.05) is 90.1 Å². The first-order valence-corrected chi connectivity index (χ1v) is 15.3. The monoisotopic (exact) mass is 602 g/mol. The van der Waals surface area contributed by atoms with Crippen molar-refractivity contribution in [1.29, 1.82) is 0 Å². The molecule has 2 aromatic rings. The molecule has 3 N–H and O–H groups in total. The molecular weight excluding hydrogens is 556 g/mol. The van der Waals surface area contributed by atoms with Crippen LogP contribution in [0.25, 0.3) is 18.2 Å². The minimum Gasteiger partial charge on any atom is -0.444 e. The van der Waals surface area contributed by atoms with Crippen LogP contribution in [-0.2, 0) is 9.47 Å². The lowest BCUT2D eigenvalue weighted by Gasteiger charge is -2.27. The molecule has 44 heavy (non-hydrogen) atoms. The van der Waals surface area contributed by atoms with Gasteiger partial charge in [0.15, 0.2) is 0 Å². The van der Waals surface area contributed by atoms with Gasteiger partial charge in [-0.25, -0.2) is 14.6 Å². The SMILES string of the molecule is CC(C)(C)OC(=O)N1CCCC1c1ncc(/C=C/c2ccc(/C=C/C(=C/N)N=C[C@@H]3CCCN3C(=O)OC(C)(C)C)cc2)[nH]1. The van der Waals surface area contributed by atoms with Crippen molar-refractivity contribution in [3.8, 4) is 0 Å². The second-order valence-electron chi connectivity index (χ2n) is 13.1. The molecular formula is C34H46N6O4. The van der Waals surface area contributed by atoms with Crippen molar-refractivity contribution >= 4 is 36.6 Å². The summed E-state index contributed by atoms with van der Waals surface area (Å²) in [7, 11) is 0. The van der Waals surface area contributed by atoms with Crippen LogP contribution in [0.15, 0.2) is 53.4 Å². The molecule has 3 heterocycles. The van der Waals surface area contributed by atoms with Crippen LogP contribution in [0.5, 0.6) is 0 Å². The molecule has 0 aliphatic carbocycles. The molecule has 0 bridgehead atoms. The van der Waals surface area contributed by atoms with E-state index in [4.69, 9.17) is 15.2 Å². The lowest BCUT2D eigenvalue weighted by atomic mass is 10.1. The van der Waals surface area contributed by atoms with E-state index in [0.717, 1.165) is 48.3 Å². The van der Waals surface area contributed by atoms with E-state index in [1.165, 1.54) is 6.20 Å². The van der Waals surface area contributed by atoms with Gasteiger partial charge in [0.2, 0.25) is 0 Å². The van der Waals surface area contributed by atoms with Gasteiger partial charge in [0.05, 0.1) is 29.7 Å². The number of rotatable bonds is 7. The Balaban J connectivity index is 1.32. The Morgan fingerprint density at radius 3 is 2.14 bits per heavy atom. The van der Waals surface area contributed by atoms with Gasteiger partial charge in [-0.1, -0.05) is 36.4 Å². The minimum absolute atomic E-state index is 0.114. The van der Waals surface area contributed by atoms with Crippen LogP contribution in [0.3, 0.4) is 0 Å². The van der Waals surface area contributed by atoms with E-state index < -0.39 is 11.2 Å². The molecule has 2 aliphatic heterocycles. The summed E-state index contributed by atoms with van der Waals surface area (Å²) in [5, 5.41) is 0. The van der Waals surface area contributed by atoms with E-state index in [2.05, 4.69) is 15.0 Å². The van der Waals surface area contributed by atoms with Gasteiger partial charge in [-0.15, -0.1) is 0 Å². The van der Waals surface area contributed by atoms with Crippen LogP contribution in [-0.4, -0.2) is 68.5 Å². The van der Waals surface area contributed by atoms with Crippen molar-refractivity contribution in [2.45, 2.75) is 90.5 Å².